The first-order valence-electron chi connectivity index (χ1n) is 7.38. The van der Waals surface area contributed by atoms with Crippen LogP contribution < -0.4 is 10.6 Å². The molecule has 1 fully saturated rings. The zero-order chi connectivity index (χ0) is 18.0. The van der Waals surface area contributed by atoms with E-state index in [-0.39, 0.29) is 23.0 Å². The second-order valence-corrected chi connectivity index (χ2v) is 7.82. The van der Waals surface area contributed by atoms with Crippen LogP contribution in [0.25, 0.3) is 0 Å². The predicted molar refractivity (Wildman–Crippen MR) is 86.2 cm³/mol. The second kappa shape index (κ2) is 6.71. The normalized spacial score (nSPS) is 18.7. The maximum absolute atomic E-state index is 13.6. The molecule has 10 heteroatoms. The van der Waals surface area contributed by atoms with Gasteiger partial charge in [-0.15, -0.1) is 0 Å². The van der Waals surface area contributed by atoms with Crippen LogP contribution in [0.15, 0.2) is 30.6 Å². The number of benzene rings is 1. The summed E-state index contributed by atoms with van der Waals surface area (Å²) >= 11 is 0. The molecule has 1 aromatic heterocycles. The van der Waals surface area contributed by atoms with Gasteiger partial charge in [-0.25, -0.2) is 27.2 Å². The van der Waals surface area contributed by atoms with Crippen LogP contribution in [0.4, 0.5) is 20.4 Å². The minimum absolute atomic E-state index is 0.0471. The fourth-order valence-electron chi connectivity index (χ4n) is 2.42. The van der Waals surface area contributed by atoms with E-state index in [0.29, 0.717) is 6.42 Å². The quantitative estimate of drug-likeness (QED) is 0.846. The van der Waals surface area contributed by atoms with Gasteiger partial charge in [0.15, 0.2) is 9.84 Å². The number of nitrogens with zero attached hydrogens (tertiary/aromatic N) is 2. The number of hydrogen-bond acceptors (Lipinski definition) is 6. The van der Waals surface area contributed by atoms with Crippen molar-refractivity contribution in [3.63, 3.8) is 0 Å². The molecule has 25 heavy (non-hydrogen) atoms. The predicted octanol–water partition coefficient (Wildman–Crippen LogP) is 1.42. The number of aromatic nitrogens is 2. The van der Waals surface area contributed by atoms with Crippen molar-refractivity contribution in [2.24, 2.45) is 0 Å². The molecule has 1 saturated heterocycles. The Morgan fingerprint density at radius 1 is 1.16 bits per heavy atom. The number of halogens is 2. The molecular weight excluding hydrogens is 354 g/mol. The van der Waals surface area contributed by atoms with Crippen molar-refractivity contribution in [1.29, 1.82) is 0 Å². The Hall–Kier alpha value is -2.62. The van der Waals surface area contributed by atoms with E-state index in [1.54, 1.807) is 0 Å². The van der Waals surface area contributed by atoms with Crippen LogP contribution in [0, 0.1) is 11.6 Å². The summed E-state index contributed by atoms with van der Waals surface area (Å²) in [4.78, 5) is 19.8. The lowest BCUT2D eigenvalue weighted by molar-refractivity contribution is 0.0940. The molecule has 0 spiro atoms. The molecule has 0 aliphatic carbocycles. The molecule has 1 aliphatic heterocycles. The highest BCUT2D eigenvalue weighted by atomic mass is 32.2. The summed E-state index contributed by atoms with van der Waals surface area (Å²) in [6, 6.07) is 2.96. The molecule has 2 aromatic rings. The summed E-state index contributed by atoms with van der Waals surface area (Å²) < 4.78 is 49.9. The van der Waals surface area contributed by atoms with Crippen molar-refractivity contribution in [2.75, 3.05) is 16.8 Å². The zero-order valence-corrected chi connectivity index (χ0v) is 13.7. The van der Waals surface area contributed by atoms with Gasteiger partial charge in [0, 0.05) is 18.4 Å². The van der Waals surface area contributed by atoms with Crippen molar-refractivity contribution in [3.05, 3.63) is 47.8 Å². The SMILES string of the molecule is O=C(NC1CCS(=O)(=O)C1)c1cnc(Nc2c(F)cccc2F)nc1. The summed E-state index contributed by atoms with van der Waals surface area (Å²) in [5.74, 6) is -2.23. The highest BCUT2D eigenvalue weighted by Gasteiger charge is 2.29. The molecule has 0 radical (unpaired) electrons. The molecule has 2 heterocycles. The lowest BCUT2D eigenvalue weighted by atomic mass is 10.2. The van der Waals surface area contributed by atoms with Crippen LogP contribution >= 0.6 is 0 Å². The van der Waals surface area contributed by atoms with Gasteiger partial charge in [0.1, 0.15) is 17.3 Å². The molecular formula is C15H14F2N4O3S. The topological polar surface area (TPSA) is 101 Å². The summed E-state index contributed by atoms with van der Waals surface area (Å²) in [6.45, 7) is 0. The van der Waals surface area contributed by atoms with Gasteiger partial charge in [0.25, 0.3) is 5.91 Å². The van der Waals surface area contributed by atoms with E-state index in [4.69, 9.17) is 0 Å². The van der Waals surface area contributed by atoms with Gasteiger partial charge in [-0.1, -0.05) is 6.07 Å². The Morgan fingerprint density at radius 2 is 1.80 bits per heavy atom. The van der Waals surface area contributed by atoms with Crippen molar-refractivity contribution in [3.8, 4) is 0 Å². The summed E-state index contributed by atoms with van der Waals surface area (Å²) in [5.41, 5.74) is -0.278. The van der Waals surface area contributed by atoms with E-state index in [1.165, 1.54) is 18.5 Å². The first kappa shape index (κ1) is 17.2. The molecule has 0 bridgehead atoms. The first-order valence-corrected chi connectivity index (χ1v) is 9.20. The van der Waals surface area contributed by atoms with Crippen molar-refractivity contribution in [1.82, 2.24) is 15.3 Å². The molecule has 1 aromatic carbocycles. The molecule has 0 saturated carbocycles. The lowest BCUT2D eigenvalue weighted by Crippen LogP contribution is -2.35. The van der Waals surface area contributed by atoms with Gasteiger partial charge in [0.05, 0.1) is 17.1 Å². The molecule has 1 amide bonds. The maximum atomic E-state index is 13.6. The van der Waals surface area contributed by atoms with Crippen LogP contribution in [-0.2, 0) is 9.84 Å². The third-order valence-corrected chi connectivity index (χ3v) is 5.45. The van der Waals surface area contributed by atoms with Gasteiger partial charge >= 0.3 is 0 Å². The summed E-state index contributed by atoms with van der Waals surface area (Å²) in [6.07, 6.45) is 2.74. The summed E-state index contributed by atoms with van der Waals surface area (Å²) in [7, 11) is -3.10. The Labute approximate surface area is 142 Å². The standard InChI is InChI=1S/C15H14F2N4O3S/c16-11-2-1-3-12(17)13(11)21-15-18-6-9(7-19-15)14(22)20-10-4-5-25(23,24)8-10/h1-3,6-7,10H,4-5,8H2,(H,20,22)(H,18,19,21). The molecule has 1 atom stereocenters. The van der Waals surface area contributed by atoms with Gasteiger partial charge in [-0.05, 0) is 18.6 Å². The van der Waals surface area contributed by atoms with E-state index >= 15 is 0 Å². The number of amides is 1. The van der Waals surface area contributed by atoms with Crippen LogP contribution in [0.3, 0.4) is 0 Å². The third-order valence-electron chi connectivity index (χ3n) is 3.68. The van der Waals surface area contributed by atoms with Gasteiger partial charge in [0.2, 0.25) is 5.95 Å². The Balaban J connectivity index is 1.67. The Kier molecular flexibility index (Phi) is 4.62. The number of carbonyl (C=O) groups is 1. The molecule has 132 valence electrons. The van der Waals surface area contributed by atoms with Gasteiger partial charge in [-0.3, -0.25) is 4.79 Å². The van der Waals surface area contributed by atoms with Crippen molar-refractivity contribution >= 4 is 27.4 Å². The molecule has 2 N–H and O–H groups in total. The highest BCUT2D eigenvalue weighted by molar-refractivity contribution is 7.91. The monoisotopic (exact) mass is 368 g/mol. The third kappa shape index (κ3) is 4.08. The largest absolute Gasteiger partial charge is 0.348 e. The number of hydrogen-bond donors (Lipinski definition) is 2. The van der Waals surface area contributed by atoms with E-state index in [2.05, 4.69) is 20.6 Å². The van der Waals surface area contributed by atoms with Gasteiger partial charge in [-0.2, -0.15) is 0 Å². The molecule has 1 aliphatic rings. The van der Waals surface area contributed by atoms with Crippen LogP contribution in [0.2, 0.25) is 0 Å². The maximum Gasteiger partial charge on any atom is 0.254 e. The minimum atomic E-state index is -3.10. The van der Waals surface area contributed by atoms with E-state index in [1.807, 2.05) is 0 Å². The van der Waals surface area contributed by atoms with Crippen molar-refractivity contribution < 1.29 is 22.0 Å². The van der Waals surface area contributed by atoms with Crippen LogP contribution in [0.1, 0.15) is 16.8 Å². The molecule has 3 rings (SSSR count). The number of carbonyl (C=O) groups excluding carboxylic acids is 1. The van der Waals surface area contributed by atoms with Crippen LogP contribution in [0.5, 0.6) is 0 Å². The number of para-hydroxylation sites is 1. The number of sulfone groups is 1. The van der Waals surface area contributed by atoms with Crippen molar-refractivity contribution in [2.45, 2.75) is 12.5 Å². The summed E-state index contributed by atoms with van der Waals surface area (Å²) in [5, 5.41) is 5.01. The average molecular weight is 368 g/mol. The second-order valence-electron chi connectivity index (χ2n) is 5.59. The molecule has 7 nitrogen and oxygen atoms in total. The molecule has 1 unspecified atom stereocenters. The van der Waals surface area contributed by atoms with E-state index in [9.17, 15) is 22.0 Å². The number of rotatable bonds is 4. The number of nitrogens with one attached hydrogen (secondary N) is 2. The lowest BCUT2D eigenvalue weighted by Gasteiger charge is -2.11. The van der Waals surface area contributed by atoms with Gasteiger partial charge < -0.3 is 10.6 Å². The average Bonchev–Trinajstić information content (AvgIpc) is 2.90. The Bertz CT molecular complexity index is 883. The fourth-order valence-corrected chi connectivity index (χ4v) is 4.09. The van der Waals surface area contributed by atoms with Crippen LogP contribution in [-0.4, -0.2) is 41.8 Å². The Morgan fingerprint density at radius 3 is 2.36 bits per heavy atom. The highest BCUT2D eigenvalue weighted by Crippen LogP contribution is 2.21. The fraction of sp³-hybridized carbons (Fsp3) is 0.267. The zero-order valence-electron chi connectivity index (χ0n) is 12.9. The first-order chi connectivity index (χ1) is 11.8. The minimum Gasteiger partial charge on any atom is -0.348 e. The van der Waals surface area contributed by atoms with E-state index in [0.717, 1.165) is 12.1 Å². The smallest absolute Gasteiger partial charge is 0.254 e. The number of anilines is 2. The van der Waals surface area contributed by atoms with E-state index < -0.39 is 39.1 Å².